The van der Waals surface area contributed by atoms with E-state index in [9.17, 15) is 23.2 Å². The van der Waals surface area contributed by atoms with Crippen molar-refractivity contribution in [3.8, 4) is 11.8 Å². The molecule has 0 unspecified atom stereocenters. The number of rotatable bonds is 8. The van der Waals surface area contributed by atoms with Crippen molar-refractivity contribution in [2.75, 3.05) is 16.8 Å². The molecule has 3 aromatic rings. The van der Waals surface area contributed by atoms with Crippen LogP contribution in [0.4, 0.5) is 25.0 Å². The number of amides is 4. The molecule has 0 bridgehead atoms. The van der Waals surface area contributed by atoms with Crippen LogP contribution in [0.5, 0.6) is 0 Å². The lowest BCUT2D eigenvalue weighted by Gasteiger charge is -2.37. The molecular weight excluding hydrogens is 548 g/mol. The van der Waals surface area contributed by atoms with Gasteiger partial charge in [0.1, 0.15) is 18.0 Å². The van der Waals surface area contributed by atoms with Gasteiger partial charge in [-0.3, -0.25) is 9.59 Å². The topological polar surface area (TPSA) is 106 Å². The minimum absolute atomic E-state index is 0.0312. The van der Waals surface area contributed by atoms with Gasteiger partial charge >= 0.3 is 6.03 Å². The zero-order valence-corrected chi connectivity index (χ0v) is 24.3. The Labute approximate surface area is 237 Å². The molecule has 1 saturated heterocycles. The average molecular weight is 580 g/mol. The summed E-state index contributed by atoms with van der Waals surface area (Å²) >= 11 is 0. The number of nitrogens with zero attached hydrogens (tertiary/aromatic N) is 3. The first-order valence-corrected chi connectivity index (χ1v) is 16.7. The second-order valence-corrected chi connectivity index (χ2v) is 16.8. The molecule has 214 valence electrons. The van der Waals surface area contributed by atoms with Crippen LogP contribution in [0.3, 0.4) is 0 Å². The van der Waals surface area contributed by atoms with Gasteiger partial charge in [0.25, 0.3) is 5.91 Å². The molecule has 9 nitrogen and oxygen atoms in total. The Morgan fingerprint density at radius 3 is 2.41 bits per heavy atom. The summed E-state index contributed by atoms with van der Waals surface area (Å²) in [5, 5.41) is 9.18. The Kier molecular flexibility index (Phi) is 8.70. The number of benzene rings is 2. The summed E-state index contributed by atoms with van der Waals surface area (Å²) in [5.41, 5.74) is -1.49. The molecule has 4 amide bonds. The second kappa shape index (κ2) is 12.0. The van der Waals surface area contributed by atoms with Crippen LogP contribution in [0.1, 0.15) is 24.5 Å². The quantitative estimate of drug-likeness (QED) is 0.228. The third-order valence-electron chi connectivity index (χ3n) is 6.32. The maximum atomic E-state index is 15.0. The van der Waals surface area contributed by atoms with Gasteiger partial charge in [0.15, 0.2) is 11.6 Å². The summed E-state index contributed by atoms with van der Waals surface area (Å²) in [7, 11) is -1.23. The molecule has 2 aromatic carbocycles. The Morgan fingerprint density at radius 2 is 1.78 bits per heavy atom. The maximum absolute atomic E-state index is 15.0. The van der Waals surface area contributed by atoms with Crippen LogP contribution < -0.4 is 15.5 Å². The summed E-state index contributed by atoms with van der Waals surface area (Å²) in [5.74, 6) is 1.55. The summed E-state index contributed by atoms with van der Waals surface area (Å²) in [6.45, 7) is 8.91. The number of imide groups is 1. The highest BCUT2D eigenvalue weighted by molar-refractivity contribution is 6.76. The van der Waals surface area contributed by atoms with E-state index in [1.54, 1.807) is 30.5 Å². The predicted molar refractivity (Wildman–Crippen MR) is 153 cm³/mol. The monoisotopic (exact) mass is 579 g/mol. The minimum atomic E-state index is -1.67. The zero-order chi connectivity index (χ0) is 29.8. The molecule has 2 N–H and O–H groups in total. The molecule has 1 atom stereocenters. The van der Waals surface area contributed by atoms with E-state index in [1.165, 1.54) is 17.8 Å². The molecule has 0 radical (unpaired) electrons. The summed E-state index contributed by atoms with van der Waals surface area (Å²) in [6, 6.07) is 10.6. The minimum Gasteiger partial charge on any atom is -0.360 e. The van der Waals surface area contributed by atoms with Crippen LogP contribution in [-0.2, 0) is 21.1 Å². The number of halogens is 2. The highest BCUT2D eigenvalue weighted by Crippen LogP contribution is 2.30. The molecular formula is C29H31F2N5O4Si. The van der Waals surface area contributed by atoms with E-state index in [-0.39, 0.29) is 12.3 Å². The van der Waals surface area contributed by atoms with Gasteiger partial charge in [-0.2, -0.15) is 5.10 Å². The van der Waals surface area contributed by atoms with E-state index in [4.69, 9.17) is 4.74 Å². The first-order valence-electron chi connectivity index (χ1n) is 13.0. The summed E-state index contributed by atoms with van der Waals surface area (Å²) in [6.07, 6.45) is 2.43. The van der Waals surface area contributed by atoms with Gasteiger partial charge in [-0.25, -0.2) is 23.2 Å². The first-order chi connectivity index (χ1) is 19.3. The number of carbonyl (C=O) groups is 3. The Hall–Kier alpha value is -4.34. The fraction of sp³-hybridized carbons (Fsp3) is 0.310. The smallest absolute Gasteiger partial charge is 0.329 e. The maximum Gasteiger partial charge on any atom is 0.329 e. The van der Waals surface area contributed by atoms with Crippen molar-refractivity contribution in [2.24, 2.45) is 0 Å². The van der Waals surface area contributed by atoms with Crippen molar-refractivity contribution in [1.82, 2.24) is 15.1 Å². The highest BCUT2D eigenvalue weighted by atomic mass is 28.3. The fourth-order valence-electron chi connectivity index (χ4n) is 4.02. The van der Waals surface area contributed by atoms with E-state index in [1.807, 2.05) is 6.07 Å². The van der Waals surface area contributed by atoms with Crippen molar-refractivity contribution in [1.29, 1.82) is 0 Å². The molecule has 1 aliphatic rings. The lowest BCUT2D eigenvalue weighted by molar-refractivity contribution is -0.128. The fourth-order valence-corrected chi connectivity index (χ4v) is 4.77. The highest BCUT2D eigenvalue weighted by Gasteiger charge is 2.47. The van der Waals surface area contributed by atoms with Gasteiger partial charge in [0.05, 0.1) is 24.5 Å². The molecule has 2 heterocycles. The first kappa shape index (κ1) is 29.6. The molecule has 12 heteroatoms. The average Bonchev–Trinajstić information content (AvgIpc) is 3.33. The Bertz CT molecular complexity index is 1480. The predicted octanol–water partition coefficient (Wildman–Crippen LogP) is 4.72. The van der Waals surface area contributed by atoms with Crippen molar-refractivity contribution in [2.45, 2.75) is 51.3 Å². The van der Waals surface area contributed by atoms with Gasteiger partial charge in [-0.05, 0) is 37.2 Å². The van der Waals surface area contributed by atoms with Gasteiger partial charge < -0.3 is 15.4 Å². The lowest BCUT2D eigenvalue weighted by Crippen LogP contribution is -2.65. The number of nitrogens with one attached hydrogen (secondary N) is 2. The van der Waals surface area contributed by atoms with E-state index in [0.717, 1.165) is 18.2 Å². The van der Waals surface area contributed by atoms with Gasteiger partial charge in [0.2, 0.25) is 5.91 Å². The van der Waals surface area contributed by atoms with Crippen molar-refractivity contribution in [3.05, 3.63) is 77.6 Å². The van der Waals surface area contributed by atoms with Gasteiger partial charge in [0, 0.05) is 25.8 Å². The van der Waals surface area contributed by atoms with Crippen LogP contribution in [-0.4, -0.2) is 47.8 Å². The van der Waals surface area contributed by atoms with E-state index >= 15 is 0 Å². The van der Waals surface area contributed by atoms with Crippen LogP contribution >= 0.6 is 0 Å². The standard InChI is InChI=1S/C29H31F2N5O4Si/c1-29(27(38)33-22-17-32-35(18-22)19-40-12-13-41(2,3)4)16-25(37)36(28(39)34-29)26-23(30)14-21(15-24(26)31)11-10-20-8-6-5-7-9-20/h5-9,14-15,17-18H,12-13,16,19H2,1-4H3,(H,33,38)(H,34,39)/t29-/m0/s1. The number of hydrogen-bond acceptors (Lipinski definition) is 5. The number of carbonyl (C=O) groups excluding carboxylic acids is 3. The van der Waals surface area contributed by atoms with Gasteiger partial charge in [-0.15, -0.1) is 0 Å². The molecule has 0 spiro atoms. The molecule has 1 aromatic heterocycles. The third-order valence-corrected chi connectivity index (χ3v) is 8.02. The molecule has 4 rings (SSSR count). The molecule has 0 saturated carbocycles. The van der Waals surface area contributed by atoms with Crippen LogP contribution in [0.25, 0.3) is 0 Å². The Morgan fingerprint density at radius 1 is 1.12 bits per heavy atom. The third kappa shape index (κ3) is 7.44. The SMILES string of the molecule is C[C@@]1(C(=O)Nc2cnn(COCC[Si](C)(C)C)c2)CC(=O)N(c2c(F)cc(C#Cc3ccccc3)cc2F)C(=O)N1. The zero-order valence-electron chi connectivity index (χ0n) is 23.3. The molecule has 41 heavy (non-hydrogen) atoms. The van der Waals surface area contributed by atoms with Crippen LogP contribution in [0.2, 0.25) is 25.7 Å². The van der Waals surface area contributed by atoms with Crippen LogP contribution in [0, 0.1) is 23.5 Å². The van der Waals surface area contributed by atoms with Crippen molar-refractivity contribution < 1.29 is 27.9 Å². The number of urea groups is 1. The van der Waals surface area contributed by atoms with E-state index in [0.29, 0.717) is 22.8 Å². The number of ether oxygens (including phenoxy) is 1. The largest absolute Gasteiger partial charge is 0.360 e. The van der Waals surface area contributed by atoms with E-state index in [2.05, 4.69) is 47.2 Å². The van der Waals surface area contributed by atoms with E-state index < -0.39 is 55.2 Å². The number of hydrogen-bond donors (Lipinski definition) is 2. The summed E-state index contributed by atoms with van der Waals surface area (Å²) in [4.78, 5) is 39.3. The molecule has 1 aliphatic heterocycles. The van der Waals surface area contributed by atoms with Crippen LogP contribution in [0.15, 0.2) is 54.9 Å². The number of aromatic nitrogens is 2. The molecule has 0 aliphatic carbocycles. The lowest BCUT2D eigenvalue weighted by atomic mass is 9.93. The molecule has 1 fully saturated rings. The number of anilines is 2. The Balaban J connectivity index is 1.41. The van der Waals surface area contributed by atoms with Crippen molar-refractivity contribution in [3.63, 3.8) is 0 Å². The second-order valence-electron chi connectivity index (χ2n) is 11.1. The normalized spacial score (nSPS) is 17.1. The summed E-state index contributed by atoms with van der Waals surface area (Å²) < 4.78 is 37.1. The van der Waals surface area contributed by atoms with Crippen molar-refractivity contribution >= 4 is 37.3 Å². The van der Waals surface area contributed by atoms with Gasteiger partial charge in [-0.1, -0.05) is 49.7 Å².